The standard InChI is InChI=1S/C11H17F2N/c1-7(2)10-8(3)11(12,13)5-4-9(10)6-14/h7-10H,4-5H2,1-3H3. The van der Waals surface area contributed by atoms with Gasteiger partial charge in [-0.25, -0.2) is 8.78 Å². The summed E-state index contributed by atoms with van der Waals surface area (Å²) in [7, 11) is 0. The maximum Gasteiger partial charge on any atom is 0.251 e. The SMILES string of the molecule is CC(C)C1C(C#N)CCC(F)(F)C1C. The van der Waals surface area contributed by atoms with Crippen LogP contribution in [-0.4, -0.2) is 5.92 Å². The van der Waals surface area contributed by atoms with Crippen molar-refractivity contribution in [3.63, 3.8) is 0 Å². The normalized spacial score (nSPS) is 36.8. The molecule has 3 unspecified atom stereocenters. The van der Waals surface area contributed by atoms with E-state index < -0.39 is 11.8 Å². The summed E-state index contributed by atoms with van der Waals surface area (Å²) in [6.07, 6.45) is 0.215. The third-order valence-corrected chi connectivity index (χ3v) is 3.43. The lowest BCUT2D eigenvalue weighted by atomic mass is 9.66. The highest BCUT2D eigenvalue weighted by atomic mass is 19.3. The van der Waals surface area contributed by atoms with E-state index in [9.17, 15) is 8.78 Å². The van der Waals surface area contributed by atoms with E-state index in [2.05, 4.69) is 6.07 Å². The van der Waals surface area contributed by atoms with Gasteiger partial charge in [0.2, 0.25) is 0 Å². The van der Waals surface area contributed by atoms with Crippen molar-refractivity contribution in [1.29, 1.82) is 5.26 Å². The third-order valence-electron chi connectivity index (χ3n) is 3.43. The van der Waals surface area contributed by atoms with Crippen molar-refractivity contribution in [2.75, 3.05) is 0 Å². The average Bonchev–Trinajstić information content (AvgIpc) is 2.08. The van der Waals surface area contributed by atoms with Crippen LogP contribution in [-0.2, 0) is 0 Å². The van der Waals surface area contributed by atoms with E-state index in [1.807, 2.05) is 13.8 Å². The quantitative estimate of drug-likeness (QED) is 0.637. The molecule has 1 saturated carbocycles. The van der Waals surface area contributed by atoms with Gasteiger partial charge in [0, 0.05) is 12.3 Å². The highest BCUT2D eigenvalue weighted by Gasteiger charge is 2.48. The highest BCUT2D eigenvalue weighted by Crippen LogP contribution is 2.47. The summed E-state index contributed by atoms with van der Waals surface area (Å²) in [5, 5.41) is 8.90. The predicted molar refractivity (Wildman–Crippen MR) is 50.8 cm³/mol. The van der Waals surface area contributed by atoms with Crippen LogP contribution >= 0.6 is 0 Å². The van der Waals surface area contributed by atoms with Crippen molar-refractivity contribution >= 4 is 0 Å². The zero-order valence-corrected chi connectivity index (χ0v) is 8.93. The van der Waals surface area contributed by atoms with Crippen LogP contribution in [0, 0.1) is 35.0 Å². The van der Waals surface area contributed by atoms with E-state index in [0.29, 0.717) is 6.42 Å². The average molecular weight is 201 g/mol. The molecule has 1 aliphatic carbocycles. The minimum absolute atomic E-state index is 0.129. The van der Waals surface area contributed by atoms with Gasteiger partial charge in [0.05, 0.1) is 12.0 Å². The first kappa shape index (κ1) is 11.4. The van der Waals surface area contributed by atoms with Crippen LogP contribution in [0.25, 0.3) is 0 Å². The van der Waals surface area contributed by atoms with Gasteiger partial charge in [0.1, 0.15) is 0 Å². The number of nitriles is 1. The smallest absolute Gasteiger partial charge is 0.207 e. The molecule has 1 nitrogen and oxygen atoms in total. The molecule has 1 aliphatic rings. The first-order valence-electron chi connectivity index (χ1n) is 5.17. The Balaban J connectivity index is 2.88. The van der Waals surface area contributed by atoms with Gasteiger partial charge in [-0.1, -0.05) is 20.8 Å². The summed E-state index contributed by atoms with van der Waals surface area (Å²) in [6.45, 7) is 5.42. The fourth-order valence-corrected chi connectivity index (χ4v) is 2.59. The van der Waals surface area contributed by atoms with Crippen molar-refractivity contribution in [1.82, 2.24) is 0 Å². The Morgan fingerprint density at radius 3 is 2.43 bits per heavy atom. The lowest BCUT2D eigenvalue weighted by Gasteiger charge is -2.40. The summed E-state index contributed by atoms with van der Waals surface area (Å²) < 4.78 is 26.8. The van der Waals surface area contributed by atoms with E-state index in [4.69, 9.17) is 5.26 Å². The van der Waals surface area contributed by atoms with Crippen molar-refractivity contribution in [2.24, 2.45) is 23.7 Å². The van der Waals surface area contributed by atoms with E-state index in [0.717, 1.165) is 0 Å². The maximum atomic E-state index is 13.4. The van der Waals surface area contributed by atoms with Gasteiger partial charge in [-0.15, -0.1) is 0 Å². The Kier molecular flexibility index (Phi) is 3.14. The molecular weight excluding hydrogens is 184 g/mol. The summed E-state index contributed by atoms with van der Waals surface area (Å²) in [4.78, 5) is 0. The molecule has 0 aromatic heterocycles. The van der Waals surface area contributed by atoms with Crippen molar-refractivity contribution in [2.45, 2.75) is 39.5 Å². The third kappa shape index (κ3) is 1.89. The summed E-state index contributed by atoms with van der Waals surface area (Å²) in [6, 6.07) is 2.17. The molecule has 0 saturated heterocycles. The van der Waals surface area contributed by atoms with Gasteiger partial charge in [0.15, 0.2) is 0 Å². The van der Waals surface area contributed by atoms with Crippen LogP contribution in [0.4, 0.5) is 8.78 Å². The van der Waals surface area contributed by atoms with Gasteiger partial charge in [-0.3, -0.25) is 0 Å². The molecule has 0 aromatic rings. The van der Waals surface area contributed by atoms with Crippen molar-refractivity contribution in [3.8, 4) is 6.07 Å². The number of halogens is 2. The molecule has 80 valence electrons. The molecule has 0 radical (unpaired) electrons. The van der Waals surface area contributed by atoms with Gasteiger partial charge in [-0.05, 0) is 18.3 Å². The fraction of sp³-hybridized carbons (Fsp3) is 0.909. The lowest BCUT2D eigenvalue weighted by Crippen LogP contribution is -2.42. The van der Waals surface area contributed by atoms with Gasteiger partial charge >= 0.3 is 0 Å². The number of nitrogens with zero attached hydrogens (tertiary/aromatic N) is 1. The molecule has 0 aromatic carbocycles. The first-order chi connectivity index (χ1) is 6.40. The predicted octanol–water partition coefficient (Wildman–Crippen LogP) is 3.46. The van der Waals surface area contributed by atoms with Gasteiger partial charge in [0.25, 0.3) is 5.92 Å². The Hall–Kier alpha value is -0.650. The number of hydrogen-bond acceptors (Lipinski definition) is 1. The Bertz CT molecular complexity index is 242. The second-order valence-corrected chi connectivity index (χ2v) is 4.65. The topological polar surface area (TPSA) is 23.8 Å². The van der Waals surface area contributed by atoms with Gasteiger partial charge in [-0.2, -0.15) is 5.26 Å². The van der Waals surface area contributed by atoms with Crippen LogP contribution in [0.15, 0.2) is 0 Å². The monoisotopic (exact) mass is 201 g/mol. The number of alkyl halides is 2. The highest BCUT2D eigenvalue weighted by molar-refractivity contribution is 4.99. The lowest BCUT2D eigenvalue weighted by molar-refractivity contribution is -0.120. The van der Waals surface area contributed by atoms with E-state index in [1.54, 1.807) is 6.92 Å². The molecule has 1 rings (SSSR count). The summed E-state index contributed by atoms with van der Waals surface area (Å²) in [5.41, 5.74) is 0. The molecule has 0 bridgehead atoms. The molecular formula is C11H17F2N. The van der Waals surface area contributed by atoms with Gasteiger partial charge < -0.3 is 0 Å². The van der Waals surface area contributed by atoms with Crippen LogP contribution < -0.4 is 0 Å². The van der Waals surface area contributed by atoms with E-state index in [-0.39, 0.29) is 24.2 Å². The molecule has 1 fully saturated rings. The molecule has 0 spiro atoms. The molecule has 14 heavy (non-hydrogen) atoms. The second-order valence-electron chi connectivity index (χ2n) is 4.65. The minimum Gasteiger partial charge on any atom is -0.207 e. The largest absolute Gasteiger partial charge is 0.251 e. The zero-order chi connectivity index (χ0) is 10.9. The molecule has 3 atom stereocenters. The Morgan fingerprint density at radius 2 is 2.00 bits per heavy atom. The van der Waals surface area contributed by atoms with Crippen molar-refractivity contribution in [3.05, 3.63) is 0 Å². The zero-order valence-electron chi connectivity index (χ0n) is 8.93. The summed E-state index contributed by atoms with van der Waals surface area (Å²) >= 11 is 0. The Labute approximate surface area is 84.1 Å². The van der Waals surface area contributed by atoms with Crippen LogP contribution in [0.2, 0.25) is 0 Å². The first-order valence-corrected chi connectivity index (χ1v) is 5.17. The second kappa shape index (κ2) is 3.84. The molecule has 0 aliphatic heterocycles. The number of rotatable bonds is 1. The fourth-order valence-electron chi connectivity index (χ4n) is 2.59. The maximum absolute atomic E-state index is 13.4. The molecule has 0 amide bonds. The van der Waals surface area contributed by atoms with Crippen LogP contribution in [0.5, 0.6) is 0 Å². The summed E-state index contributed by atoms with van der Waals surface area (Å²) in [5.74, 6) is -3.45. The van der Waals surface area contributed by atoms with Crippen LogP contribution in [0.3, 0.4) is 0 Å². The van der Waals surface area contributed by atoms with Crippen LogP contribution in [0.1, 0.15) is 33.6 Å². The Morgan fingerprint density at radius 1 is 1.43 bits per heavy atom. The number of hydrogen-bond donors (Lipinski definition) is 0. The van der Waals surface area contributed by atoms with E-state index >= 15 is 0 Å². The molecule has 0 N–H and O–H groups in total. The molecule has 3 heteroatoms. The minimum atomic E-state index is -2.58. The van der Waals surface area contributed by atoms with Crippen molar-refractivity contribution < 1.29 is 8.78 Å². The van der Waals surface area contributed by atoms with E-state index in [1.165, 1.54) is 0 Å². The molecule has 0 heterocycles.